The van der Waals surface area contributed by atoms with Crippen molar-refractivity contribution in [2.45, 2.75) is 90.3 Å². The first kappa shape index (κ1) is 14.7. The lowest BCUT2D eigenvalue weighted by Gasteiger charge is -2.29. The van der Waals surface area contributed by atoms with Crippen LogP contribution >= 0.6 is 0 Å². The third-order valence-electron chi connectivity index (χ3n) is 3.66. The van der Waals surface area contributed by atoms with Crippen molar-refractivity contribution in [2.75, 3.05) is 0 Å². The second kappa shape index (κ2) is 8.68. The second-order valence-corrected chi connectivity index (χ2v) is 5.27. The van der Waals surface area contributed by atoms with E-state index in [1.807, 2.05) is 0 Å². The number of ether oxygens (including phenoxy) is 1. The number of rotatable bonds is 8. The van der Waals surface area contributed by atoms with Crippen molar-refractivity contribution < 1.29 is 9.53 Å². The highest BCUT2D eigenvalue weighted by molar-refractivity contribution is 5.78. The molecular weight excluding hydrogens is 212 g/mol. The van der Waals surface area contributed by atoms with Crippen LogP contribution in [-0.2, 0) is 9.53 Å². The molecular formula is C15H28O2. The van der Waals surface area contributed by atoms with Gasteiger partial charge in [0.2, 0.25) is 0 Å². The molecule has 0 saturated carbocycles. The Morgan fingerprint density at radius 3 is 2.59 bits per heavy atom. The molecule has 0 radical (unpaired) electrons. The molecule has 17 heavy (non-hydrogen) atoms. The zero-order chi connectivity index (χ0) is 12.5. The Kier molecular flexibility index (Phi) is 7.50. The Labute approximate surface area is 106 Å². The molecule has 2 heteroatoms. The minimum Gasteiger partial charge on any atom is -0.375 e. The van der Waals surface area contributed by atoms with Gasteiger partial charge in [-0.1, -0.05) is 33.1 Å². The molecule has 0 aromatic heterocycles. The van der Waals surface area contributed by atoms with Crippen LogP contribution in [-0.4, -0.2) is 18.0 Å². The van der Waals surface area contributed by atoms with Crippen molar-refractivity contribution >= 4 is 5.78 Å². The molecule has 0 amide bonds. The molecule has 1 fully saturated rings. The fraction of sp³-hybridized carbons (Fsp3) is 0.933. The number of hydrogen-bond acceptors (Lipinski definition) is 2. The topological polar surface area (TPSA) is 26.3 Å². The summed E-state index contributed by atoms with van der Waals surface area (Å²) < 4.78 is 5.91. The summed E-state index contributed by atoms with van der Waals surface area (Å²) in [6.45, 7) is 4.36. The Bertz CT molecular complexity index is 213. The van der Waals surface area contributed by atoms with Gasteiger partial charge in [-0.05, 0) is 32.1 Å². The van der Waals surface area contributed by atoms with Crippen LogP contribution < -0.4 is 0 Å². The summed E-state index contributed by atoms with van der Waals surface area (Å²) >= 11 is 0. The molecule has 2 atom stereocenters. The van der Waals surface area contributed by atoms with Crippen LogP contribution in [0.2, 0.25) is 0 Å². The van der Waals surface area contributed by atoms with Gasteiger partial charge >= 0.3 is 0 Å². The maximum Gasteiger partial charge on any atom is 0.135 e. The number of Topliss-reactive ketones (excluding diaryl/α,β-unsaturated/α-hetero) is 1. The molecule has 0 bridgehead atoms. The number of ketones is 1. The summed E-state index contributed by atoms with van der Waals surface area (Å²) in [5.74, 6) is 0.405. The third-order valence-corrected chi connectivity index (χ3v) is 3.66. The van der Waals surface area contributed by atoms with Gasteiger partial charge in [0.15, 0.2) is 0 Å². The largest absolute Gasteiger partial charge is 0.375 e. The first-order valence-corrected chi connectivity index (χ1v) is 7.43. The summed E-state index contributed by atoms with van der Waals surface area (Å²) in [6, 6.07) is 0. The predicted octanol–water partition coefficient (Wildman–Crippen LogP) is 4.26. The lowest BCUT2D eigenvalue weighted by molar-refractivity contribution is -0.125. The highest BCUT2D eigenvalue weighted by atomic mass is 16.5. The summed E-state index contributed by atoms with van der Waals surface area (Å²) in [5.41, 5.74) is 0. The zero-order valence-electron chi connectivity index (χ0n) is 11.5. The summed E-state index contributed by atoms with van der Waals surface area (Å²) in [4.78, 5) is 11.8. The highest BCUT2D eigenvalue weighted by Crippen LogP contribution is 2.23. The molecule has 0 aromatic carbocycles. The van der Waals surface area contributed by atoms with E-state index in [1.165, 1.54) is 32.1 Å². The van der Waals surface area contributed by atoms with E-state index in [9.17, 15) is 4.79 Å². The molecule has 100 valence electrons. The van der Waals surface area contributed by atoms with E-state index in [0.717, 1.165) is 25.7 Å². The normalized spacial score (nSPS) is 24.8. The minimum absolute atomic E-state index is 0.215. The predicted molar refractivity (Wildman–Crippen MR) is 71.2 cm³/mol. The van der Waals surface area contributed by atoms with Gasteiger partial charge < -0.3 is 4.74 Å². The first-order valence-electron chi connectivity index (χ1n) is 7.43. The molecule has 1 rings (SSSR count). The van der Waals surface area contributed by atoms with Crippen molar-refractivity contribution in [3.63, 3.8) is 0 Å². The average molecular weight is 240 g/mol. The lowest BCUT2D eigenvalue weighted by atomic mass is 9.97. The van der Waals surface area contributed by atoms with Crippen LogP contribution in [0.4, 0.5) is 0 Å². The second-order valence-electron chi connectivity index (χ2n) is 5.27. The SMILES string of the molecule is CCCCCCC(=O)CC1CCCC(CC)O1. The first-order chi connectivity index (χ1) is 8.26. The van der Waals surface area contributed by atoms with E-state index < -0.39 is 0 Å². The van der Waals surface area contributed by atoms with Crippen LogP contribution in [0.3, 0.4) is 0 Å². The third kappa shape index (κ3) is 6.21. The number of carbonyl (C=O) groups is 1. The summed E-state index contributed by atoms with van der Waals surface area (Å²) in [6.07, 6.45) is 11.4. The molecule has 1 saturated heterocycles. The van der Waals surface area contributed by atoms with Crippen molar-refractivity contribution in [2.24, 2.45) is 0 Å². The number of hydrogen-bond donors (Lipinski definition) is 0. The average Bonchev–Trinajstić information content (AvgIpc) is 2.35. The summed E-state index contributed by atoms with van der Waals surface area (Å²) in [7, 11) is 0. The van der Waals surface area contributed by atoms with Gasteiger partial charge in [-0.3, -0.25) is 4.79 Å². The quantitative estimate of drug-likeness (QED) is 0.592. The molecule has 0 N–H and O–H groups in total. The molecule has 0 aromatic rings. The van der Waals surface area contributed by atoms with Gasteiger partial charge in [0, 0.05) is 12.8 Å². The number of carbonyl (C=O) groups excluding carboxylic acids is 1. The van der Waals surface area contributed by atoms with E-state index in [2.05, 4.69) is 13.8 Å². The minimum atomic E-state index is 0.215. The van der Waals surface area contributed by atoms with Crippen molar-refractivity contribution in [3.05, 3.63) is 0 Å². The Hall–Kier alpha value is -0.370. The summed E-state index contributed by atoms with van der Waals surface area (Å²) in [5, 5.41) is 0. The van der Waals surface area contributed by atoms with Gasteiger partial charge in [-0.25, -0.2) is 0 Å². The highest BCUT2D eigenvalue weighted by Gasteiger charge is 2.22. The fourth-order valence-electron chi connectivity index (χ4n) is 2.54. The van der Waals surface area contributed by atoms with Crippen LogP contribution in [0.15, 0.2) is 0 Å². The maximum absolute atomic E-state index is 11.8. The van der Waals surface area contributed by atoms with Crippen LogP contribution in [0.1, 0.15) is 78.1 Å². The van der Waals surface area contributed by atoms with Gasteiger partial charge in [-0.15, -0.1) is 0 Å². The van der Waals surface area contributed by atoms with Crippen molar-refractivity contribution in [3.8, 4) is 0 Å². The standard InChI is InChI=1S/C15H28O2/c1-3-5-6-7-9-13(16)12-15-11-8-10-14(4-2)17-15/h14-15H,3-12H2,1-2H3. The molecule has 2 unspecified atom stereocenters. The van der Waals surface area contributed by atoms with Gasteiger partial charge in [0.1, 0.15) is 5.78 Å². The maximum atomic E-state index is 11.8. The molecule has 0 spiro atoms. The smallest absolute Gasteiger partial charge is 0.135 e. The molecule has 1 aliphatic heterocycles. The Morgan fingerprint density at radius 1 is 1.12 bits per heavy atom. The van der Waals surface area contributed by atoms with Crippen molar-refractivity contribution in [1.29, 1.82) is 0 Å². The van der Waals surface area contributed by atoms with Crippen LogP contribution in [0.5, 0.6) is 0 Å². The van der Waals surface area contributed by atoms with Crippen LogP contribution in [0, 0.1) is 0 Å². The molecule has 0 aliphatic carbocycles. The Morgan fingerprint density at radius 2 is 1.88 bits per heavy atom. The Balaban J connectivity index is 2.12. The van der Waals surface area contributed by atoms with Gasteiger partial charge in [-0.2, -0.15) is 0 Å². The van der Waals surface area contributed by atoms with Crippen molar-refractivity contribution in [1.82, 2.24) is 0 Å². The monoisotopic (exact) mass is 240 g/mol. The zero-order valence-corrected chi connectivity index (χ0v) is 11.5. The van der Waals surface area contributed by atoms with E-state index >= 15 is 0 Å². The van der Waals surface area contributed by atoms with E-state index in [-0.39, 0.29) is 6.10 Å². The fourth-order valence-corrected chi connectivity index (χ4v) is 2.54. The van der Waals surface area contributed by atoms with Gasteiger partial charge in [0.25, 0.3) is 0 Å². The molecule has 1 aliphatic rings. The molecule has 1 heterocycles. The van der Waals surface area contributed by atoms with E-state index in [1.54, 1.807) is 0 Å². The number of unbranched alkanes of at least 4 members (excludes halogenated alkanes) is 3. The van der Waals surface area contributed by atoms with Gasteiger partial charge in [0.05, 0.1) is 12.2 Å². The molecule has 2 nitrogen and oxygen atoms in total. The lowest BCUT2D eigenvalue weighted by Crippen LogP contribution is -2.29. The van der Waals surface area contributed by atoms with E-state index in [0.29, 0.717) is 18.3 Å². The van der Waals surface area contributed by atoms with Crippen LogP contribution in [0.25, 0.3) is 0 Å². The van der Waals surface area contributed by atoms with E-state index in [4.69, 9.17) is 4.74 Å².